The lowest BCUT2D eigenvalue weighted by atomic mass is 10.0. The monoisotopic (exact) mass is 693 g/mol. The van der Waals surface area contributed by atoms with E-state index in [4.69, 9.17) is 21.1 Å². The molecule has 4 aromatic carbocycles. The van der Waals surface area contributed by atoms with Crippen LogP contribution in [0.25, 0.3) is 0 Å². The van der Waals surface area contributed by atoms with Gasteiger partial charge in [-0.05, 0) is 65.6 Å². The zero-order chi connectivity index (χ0) is 34.3. The van der Waals surface area contributed by atoms with Gasteiger partial charge in [0.15, 0.2) is 11.5 Å². The van der Waals surface area contributed by atoms with Gasteiger partial charge in [0.1, 0.15) is 31.6 Å². The van der Waals surface area contributed by atoms with Crippen molar-refractivity contribution >= 4 is 39.1 Å². The Morgan fingerprint density at radius 2 is 1.54 bits per heavy atom. The van der Waals surface area contributed by atoms with Crippen LogP contribution in [0.5, 0.6) is 11.5 Å². The molecular formula is C36H37ClFN3O6S. The van der Waals surface area contributed by atoms with Crippen LogP contribution in [0.2, 0.25) is 5.02 Å². The lowest BCUT2D eigenvalue weighted by Gasteiger charge is -2.34. The SMILES string of the molecule is CC(C)CNC(=O)[C@H](Cc1ccccc1)N(Cc1ccc(Cl)cc1)C(=O)CN(c1ccc(F)cc1)S(=O)(=O)c1ccc2c(c1)OCCO2. The number of carbonyl (C=O) groups excluding carboxylic acids is 2. The van der Waals surface area contributed by atoms with Crippen molar-refractivity contribution in [3.8, 4) is 11.5 Å². The Morgan fingerprint density at radius 3 is 2.21 bits per heavy atom. The van der Waals surface area contributed by atoms with E-state index in [9.17, 15) is 22.4 Å². The van der Waals surface area contributed by atoms with Gasteiger partial charge in [-0.1, -0.05) is 67.9 Å². The van der Waals surface area contributed by atoms with Crippen molar-refractivity contribution in [1.29, 1.82) is 0 Å². The molecule has 2 amide bonds. The highest BCUT2D eigenvalue weighted by Crippen LogP contribution is 2.34. The third-order valence-corrected chi connectivity index (χ3v) is 9.74. The predicted molar refractivity (Wildman–Crippen MR) is 182 cm³/mol. The van der Waals surface area contributed by atoms with E-state index < -0.39 is 34.3 Å². The number of anilines is 1. The van der Waals surface area contributed by atoms with E-state index in [2.05, 4.69) is 5.32 Å². The Bertz CT molecular complexity index is 1820. The van der Waals surface area contributed by atoms with Crippen LogP contribution in [0, 0.1) is 11.7 Å². The number of nitrogens with zero attached hydrogens (tertiary/aromatic N) is 2. The van der Waals surface area contributed by atoms with Crippen molar-refractivity contribution in [2.45, 2.75) is 37.8 Å². The molecule has 0 bridgehead atoms. The first-order chi connectivity index (χ1) is 23.0. The summed E-state index contributed by atoms with van der Waals surface area (Å²) < 4.78 is 54.7. The smallest absolute Gasteiger partial charge is 0.264 e. The normalized spacial score (nSPS) is 13.1. The Morgan fingerprint density at radius 1 is 0.875 bits per heavy atom. The first kappa shape index (κ1) is 34.7. The van der Waals surface area contributed by atoms with Gasteiger partial charge in [0.05, 0.1) is 10.6 Å². The molecule has 0 saturated carbocycles. The minimum absolute atomic E-state index is 0.00999. The van der Waals surface area contributed by atoms with E-state index in [-0.39, 0.29) is 47.7 Å². The van der Waals surface area contributed by atoms with E-state index in [1.165, 1.54) is 35.2 Å². The standard InChI is InChI=1S/C36H37ClFN3O6S/c1-25(2)22-39-36(43)32(20-26-6-4-3-5-7-26)40(23-27-8-10-28(37)11-9-27)35(42)24-41(30-14-12-29(38)13-15-30)48(44,45)31-16-17-33-34(21-31)47-19-18-46-33/h3-17,21,25,32H,18-20,22-24H2,1-2H3,(H,39,43)/t32-/m0/s1. The van der Waals surface area contributed by atoms with E-state index in [0.717, 1.165) is 22.0 Å². The lowest BCUT2D eigenvalue weighted by molar-refractivity contribution is -0.140. The summed E-state index contributed by atoms with van der Waals surface area (Å²) in [4.78, 5) is 29.7. The Kier molecular flexibility index (Phi) is 11.2. The molecule has 1 heterocycles. The molecule has 1 atom stereocenters. The molecule has 0 spiro atoms. The molecule has 1 aliphatic heterocycles. The summed E-state index contributed by atoms with van der Waals surface area (Å²) in [5, 5.41) is 3.46. The fraction of sp³-hybridized carbons (Fsp3) is 0.278. The third-order valence-electron chi connectivity index (χ3n) is 7.72. The second-order valence-corrected chi connectivity index (χ2v) is 14.1. The molecule has 0 unspecified atom stereocenters. The molecular weight excluding hydrogens is 657 g/mol. The van der Waals surface area contributed by atoms with Gasteiger partial charge in [-0.15, -0.1) is 0 Å². The molecule has 0 radical (unpaired) electrons. The van der Waals surface area contributed by atoms with E-state index >= 15 is 0 Å². The second-order valence-electron chi connectivity index (χ2n) is 11.8. The zero-order valence-electron chi connectivity index (χ0n) is 26.6. The summed E-state index contributed by atoms with van der Waals surface area (Å²) >= 11 is 6.14. The Labute approximate surface area is 285 Å². The lowest BCUT2D eigenvalue weighted by Crippen LogP contribution is -2.53. The average Bonchev–Trinajstić information content (AvgIpc) is 3.09. The number of fused-ring (bicyclic) bond motifs is 1. The fourth-order valence-electron chi connectivity index (χ4n) is 5.21. The molecule has 252 valence electrons. The Hall–Kier alpha value is -4.61. The van der Waals surface area contributed by atoms with Crippen LogP contribution in [0.3, 0.4) is 0 Å². The minimum atomic E-state index is -4.42. The summed E-state index contributed by atoms with van der Waals surface area (Å²) in [6.45, 7) is 4.19. The molecule has 0 saturated heterocycles. The summed E-state index contributed by atoms with van der Waals surface area (Å²) in [5.41, 5.74) is 1.57. The molecule has 12 heteroatoms. The van der Waals surface area contributed by atoms with Gasteiger partial charge < -0.3 is 19.7 Å². The number of hydrogen-bond donors (Lipinski definition) is 1. The first-order valence-corrected chi connectivity index (χ1v) is 17.4. The topological polar surface area (TPSA) is 105 Å². The number of rotatable bonds is 13. The maximum absolute atomic E-state index is 14.5. The maximum Gasteiger partial charge on any atom is 0.264 e. The molecule has 1 N–H and O–H groups in total. The van der Waals surface area contributed by atoms with Gasteiger partial charge >= 0.3 is 0 Å². The van der Waals surface area contributed by atoms with Crippen LogP contribution in [0.15, 0.2) is 102 Å². The van der Waals surface area contributed by atoms with Crippen LogP contribution in [0.1, 0.15) is 25.0 Å². The number of ether oxygens (including phenoxy) is 2. The van der Waals surface area contributed by atoms with Gasteiger partial charge in [0.25, 0.3) is 10.0 Å². The van der Waals surface area contributed by atoms with Crippen LogP contribution in [-0.2, 0) is 32.6 Å². The molecule has 4 aromatic rings. The summed E-state index contributed by atoms with van der Waals surface area (Å²) in [5.74, 6) is -0.793. The van der Waals surface area contributed by atoms with Crippen molar-refractivity contribution in [2.75, 3.05) is 30.6 Å². The quantitative estimate of drug-likeness (QED) is 0.188. The minimum Gasteiger partial charge on any atom is -0.486 e. The van der Waals surface area contributed by atoms with Crippen molar-refractivity contribution in [2.24, 2.45) is 5.92 Å². The van der Waals surface area contributed by atoms with Crippen LogP contribution >= 0.6 is 11.6 Å². The van der Waals surface area contributed by atoms with Gasteiger partial charge in [-0.3, -0.25) is 13.9 Å². The molecule has 1 aliphatic rings. The largest absolute Gasteiger partial charge is 0.486 e. The predicted octanol–water partition coefficient (Wildman–Crippen LogP) is 5.86. The van der Waals surface area contributed by atoms with Crippen LogP contribution in [0.4, 0.5) is 10.1 Å². The van der Waals surface area contributed by atoms with Crippen molar-refractivity contribution in [3.63, 3.8) is 0 Å². The maximum atomic E-state index is 14.5. The summed E-state index contributed by atoms with van der Waals surface area (Å²) in [7, 11) is -4.42. The van der Waals surface area contributed by atoms with Crippen molar-refractivity contribution < 1.29 is 31.9 Å². The van der Waals surface area contributed by atoms with E-state index in [1.54, 1.807) is 24.3 Å². The number of halogens is 2. The van der Waals surface area contributed by atoms with Crippen LogP contribution < -0.4 is 19.1 Å². The van der Waals surface area contributed by atoms with E-state index in [0.29, 0.717) is 29.5 Å². The second kappa shape index (κ2) is 15.5. The molecule has 0 aromatic heterocycles. The molecule has 9 nitrogen and oxygen atoms in total. The highest BCUT2D eigenvalue weighted by molar-refractivity contribution is 7.92. The first-order valence-electron chi connectivity index (χ1n) is 15.5. The van der Waals surface area contributed by atoms with Crippen LogP contribution in [-0.4, -0.2) is 57.5 Å². The van der Waals surface area contributed by atoms with E-state index in [1.807, 2.05) is 44.2 Å². The average molecular weight is 694 g/mol. The number of nitrogens with one attached hydrogen (secondary N) is 1. The molecule has 5 rings (SSSR count). The number of carbonyl (C=O) groups is 2. The number of benzene rings is 4. The van der Waals surface area contributed by atoms with Gasteiger partial charge in [0, 0.05) is 30.6 Å². The molecule has 0 aliphatic carbocycles. The summed E-state index contributed by atoms with van der Waals surface area (Å²) in [6.07, 6.45) is 0.176. The van der Waals surface area contributed by atoms with Gasteiger partial charge in [-0.25, -0.2) is 12.8 Å². The van der Waals surface area contributed by atoms with Gasteiger partial charge in [-0.2, -0.15) is 0 Å². The molecule has 0 fully saturated rings. The Balaban J connectivity index is 1.56. The number of hydrogen-bond acceptors (Lipinski definition) is 6. The highest BCUT2D eigenvalue weighted by atomic mass is 35.5. The summed E-state index contributed by atoms with van der Waals surface area (Å²) in [6, 6.07) is 24.2. The molecule has 48 heavy (non-hydrogen) atoms. The third kappa shape index (κ3) is 8.64. The fourth-order valence-corrected chi connectivity index (χ4v) is 6.77. The van der Waals surface area contributed by atoms with Gasteiger partial charge in [0.2, 0.25) is 11.8 Å². The van der Waals surface area contributed by atoms with Crippen molar-refractivity contribution in [3.05, 3.63) is 119 Å². The number of sulfonamides is 1. The number of amides is 2. The highest BCUT2D eigenvalue weighted by Gasteiger charge is 2.35. The van der Waals surface area contributed by atoms with Crippen molar-refractivity contribution in [1.82, 2.24) is 10.2 Å². The zero-order valence-corrected chi connectivity index (χ0v) is 28.2.